The van der Waals surface area contributed by atoms with Gasteiger partial charge in [-0.15, -0.1) is 0 Å². The minimum atomic E-state index is -0.443. The van der Waals surface area contributed by atoms with Crippen LogP contribution < -0.4 is 10.2 Å². The number of para-hydroxylation sites is 1. The number of hydrogen-bond acceptors (Lipinski definition) is 3. The fourth-order valence-electron chi connectivity index (χ4n) is 3.83. The van der Waals surface area contributed by atoms with Gasteiger partial charge >= 0.3 is 0 Å². The van der Waals surface area contributed by atoms with Crippen LogP contribution in [-0.2, 0) is 20.8 Å². The molecule has 1 heterocycles. The van der Waals surface area contributed by atoms with Gasteiger partial charge in [0, 0.05) is 31.4 Å². The molecule has 2 aromatic rings. The fraction of sp³-hybridized carbons (Fsp3) is 0.375. The van der Waals surface area contributed by atoms with Crippen LogP contribution in [0.2, 0.25) is 0 Å². The lowest BCUT2D eigenvalue weighted by molar-refractivity contribution is -0.137. The molecule has 1 aliphatic rings. The van der Waals surface area contributed by atoms with Crippen molar-refractivity contribution in [2.24, 2.45) is 5.92 Å². The van der Waals surface area contributed by atoms with E-state index in [2.05, 4.69) is 12.2 Å². The van der Waals surface area contributed by atoms with Gasteiger partial charge in [-0.05, 0) is 49.1 Å². The van der Waals surface area contributed by atoms with Gasteiger partial charge in [-0.1, -0.05) is 37.3 Å². The van der Waals surface area contributed by atoms with Gasteiger partial charge in [0.1, 0.15) is 0 Å². The maximum Gasteiger partial charge on any atom is 0.243 e. The summed E-state index contributed by atoms with van der Waals surface area (Å²) < 4.78 is 0. The number of anilines is 2. The molecule has 6 nitrogen and oxygen atoms in total. The highest BCUT2D eigenvalue weighted by Crippen LogP contribution is 2.26. The predicted molar refractivity (Wildman–Crippen MR) is 118 cm³/mol. The molecule has 2 aromatic carbocycles. The third-order valence-corrected chi connectivity index (χ3v) is 5.63. The maximum atomic E-state index is 12.9. The molecule has 3 amide bonds. The van der Waals surface area contributed by atoms with Crippen molar-refractivity contribution in [3.63, 3.8) is 0 Å². The first-order valence-corrected chi connectivity index (χ1v) is 10.3. The molecule has 0 aliphatic carbocycles. The predicted octanol–water partition coefficient (Wildman–Crippen LogP) is 3.32. The fourth-order valence-corrected chi connectivity index (χ4v) is 3.83. The first-order valence-electron chi connectivity index (χ1n) is 10.3. The number of nitrogens with zero attached hydrogens (tertiary/aromatic N) is 2. The topological polar surface area (TPSA) is 69.7 Å². The third kappa shape index (κ3) is 4.70. The largest absolute Gasteiger partial charge is 0.336 e. The van der Waals surface area contributed by atoms with E-state index >= 15 is 0 Å². The van der Waals surface area contributed by atoms with Gasteiger partial charge in [-0.3, -0.25) is 14.4 Å². The molecule has 3 rings (SSSR count). The van der Waals surface area contributed by atoms with E-state index in [1.807, 2.05) is 56.3 Å². The van der Waals surface area contributed by atoms with E-state index in [9.17, 15) is 14.4 Å². The Balaban J connectivity index is 1.60. The number of rotatable bonds is 6. The lowest BCUT2D eigenvalue weighted by atomic mass is 10.1. The van der Waals surface area contributed by atoms with Gasteiger partial charge < -0.3 is 15.1 Å². The molecule has 158 valence electrons. The van der Waals surface area contributed by atoms with E-state index in [0.717, 1.165) is 28.9 Å². The zero-order valence-corrected chi connectivity index (χ0v) is 18.1. The Labute approximate surface area is 177 Å². The normalized spacial score (nSPS) is 15.9. The molecule has 0 aromatic heterocycles. The van der Waals surface area contributed by atoms with Crippen molar-refractivity contribution in [1.29, 1.82) is 0 Å². The molecule has 6 heteroatoms. The number of likely N-dealkylation sites (N-methyl/N-ethyl adjacent to an activating group) is 1. The quantitative estimate of drug-likeness (QED) is 0.799. The van der Waals surface area contributed by atoms with Crippen LogP contribution in [0.25, 0.3) is 0 Å². The summed E-state index contributed by atoms with van der Waals surface area (Å²) in [7, 11) is 1.61. The van der Waals surface area contributed by atoms with Gasteiger partial charge in [0.15, 0.2) is 0 Å². The Bertz CT molecular complexity index is 932. The van der Waals surface area contributed by atoms with Gasteiger partial charge in [-0.25, -0.2) is 0 Å². The summed E-state index contributed by atoms with van der Waals surface area (Å²) in [4.78, 5) is 40.9. The summed E-state index contributed by atoms with van der Waals surface area (Å²) in [6.45, 7) is 6.23. The second-order valence-electron chi connectivity index (χ2n) is 7.93. The van der Waals surface area contributed by atoms with E-state index in [-0.39, 0.29) is 30.7 Å². The summed E-state index contributed by atoms with van der Waals surface area (Å²) in [5.74, 6) is -0.945. The molecular weight excluding hydrogens is 378 g/mol. The SMILES string of the molecule is CCc1ccc(N2C[C@H](C(=O)N(C)CC(=O)Nc3c(C)cccc3C)CC2=O)cc1. The van der Waals surface area contributed by atoms with Crippen LogP contribution in [0.3, 0.4) is 0 Å². The molecular formula is C24H29N3O3. The second-order valence-corrected chi connectivity index (χ2v) is 7.93. The minimum absolute atomic E-state index is 0.0531. The first-order chi connectivity index (χ1) is 14.3. The Morgan fingerprint density at radius 3 is 2.33 bits per heavy atom. The second kappa shape index (κ2) is 9.11. The monoisotopic (exact) mass is 407 g/mol. The smallest absolute Gasteiger partial charge is 0.243 e. The van der Waals surface area contributed by atoms with Crippen molar-refractivity contribution in [1.82, 2.24) is 4.90 Å². The summed E-state index contributed by atoms with van der Waals surface area (Å²) in [6.07, 6.45) is 1.10. The van der Waals surface area contributed by atoms with Crippen LogP contribution in [0.5, 0.6) is 0 Å². The Morgan fingerprint density at radius 2 is 1.73 bits per heavy atom. The summed E-state index contributed by atoms with van der Waals surface area (Å²) in [6, 6.07) is 13.7. The van der Waals surface area contributed by atoms with Crippen LogP contribution >= 0.6 is 0 Å². The molecule has 0 radical (unpaired) electrons. The average Bonchev–Trinajstić information content (AvgIpc) is 3.11. The van der Waals surface area contributed by atoms with Crippen molar-refractivity contribution in [2.45, 2.75) is 33.6 Å². The van der Waals surface area contributed by atoms with E-state index in [0.29, 0.717) is 6.54 Å². The molecule has 0 bridgehead atoms. The molecule has 0 saturated carbocycles. The van der Waals surface area contributed by atoms with Gasteiger partial charge in [0.2, 0.25) is 17.7 Å². The molecule has 1 fully saturated rings. The maximum absolute atomic E-state index is 12.9. The highest BCUT2D eigenvalue weighted by atomic mass is 16.2. The molecule has 30 heavy (non-hydrogen) atoms. The van der Waals surface area contributed by atoms with E-state index in [1.165, 1.54) is 10.5 Å². The molecule has 1 saturated heterocycles. The standard InChI is InChI=1S/C24H29N3O3/c1-5-18-9-11-20(12-10-18)27-14-19(13-22(27)29)24(30)26(4)15-21(28)25-23-16(2)7-6-8-17(23)3/h6-12,19H,5,13-15H2,1-4H3,(H,25,28)/t19-/m1/s1. The van der Waals surface area contributed by atoms with E-state index < -0.39 is 5.92 Å². The van der Waals surface area contributed by atoms with Crippen molar-refractivity contribution in [2.75, 3.05) is 30.4 Å². The number of amides is 3. The van der Waals surface area contributed by atoms with Crippen molar-refractivity contribution >= 4 is 29.1 Å². The van der Waals surface area contributed by atoms with Crippen LogP contribution in [0.1, 0.15) is 30.0 Å². The van der Waals surface area contributed by atoms with Crippen LogP contribution in [0, 0.1) is 19.8 Å². The van der Waals surface area contributed by atoms with Crippen molar-refractivity contribution in [3.8, 4) is 0 Å². The Hall–Kier alpha value is -3.15. The van der Waals surface area contributed by atoms with Gasteiger partial charge in [-0.2, -0.15) is 0 Å². The van der Waals surface area contributed by atoms with Crippen LogP contribution in [-0.4, -0.2) is 42.8 Å². The molecule has 1 aliphatic heterocycles. The first kappa shape index (κ1) is 21.6. The number of hydrogen-bond donors (Lipinski definition) is 1. The van der Waals surface area contributed by atoms with E-state index in [4.69, 9.17) is 0 Å². The summed E-state index contributed by atoms with van der Waals surface area (Å²) in [5.41, 5.74) is 4.74. The van der Waals surface area contributed by atoms with Crippen molar-refractivity contribution < 1.29 is 14.4 Å². The lowest BCUT2D eigenvalue weighted by Crippen LogP contribution is -2.39. The van der Waals surface area contributed by atoms with Crippen LogP contribution in [0.4, 0.5) is 11.4 Å². The lowest BCUT2D eigenvalue weighted by Gasteiger charge is -2.22. The van der Waals surface area contributed by atoms with Gasteiger partial charge in [0.05, 0.1) is 12.5 Å². The number of aryl methyl sites for hydroxylation is 3. The zero-order chi connectivity index (χ0) is 21.8. The molecule has 1 N–H and O–H groups in total. The van der Waals surface area contributed by atoms with Crippen LogP contribution in [0.15, 0.2) is 42.5 Å². The Morgan fingerprint density at radius 1 is 1.10 bits per heavy atom. The number of carbonyl (C=O) groups is 3. The number of benzene rings is 2. The number of carbonyl (C=O) groups excluding carboxylic acids is 3. The highest BCUT2D eigenvalue weighted by Gasteiger charge is 2.36. The third-order valence-electron chi connectivity index (χ3n) is 5.63. The zero-order valence-electron chi connectivity index (χ0n) is 18.1. The highest BCUT2D eigenvalue weighted by molar-refractivity contribution is 6.01. The van der Waals surface area contributed by atoms with E-state index in [1.54, 1.807) is 11.9 Å². The average molecular weight is 408 g/mol. The Kier molecular flexibility index (Phi) is 6.55. The summed E-state index contributed by atoms with van der Waals surface area (Å²) in [5, 5.41) is 2.90. The van der Waals surface area contributed by atoms with Crippen molar-refractivity contribution in [3.05, 3.63) is 59.2 Å². The minimum Gasteiger partial charge on any atom is -0.336 e. The summed E-state index contributed by atoms with van der Waals surface area (Å²) >= 11 is 0. The van der Waals surface area contributed by atoms with Gasteiger partial charge in [0.25, 0.3) is 0 Å². The number of nitrogens with one attached hydrogen (secondary N) is 1. The molecule has 0 spiro atoms. The molecule has 0 unspecified atom stereocenters. The molecule has 1 atom stereocenters.